The van der Waals surface area contributed by atoms with Crippen LogP contribution in [0.4, 0.5) is 0 Å². The SMILES string of the molecule is C=C1CNC2OCCSC2C1. The van der Waals surface area contributed by atoms with E-state index in [9.17, 15) is 0 Å². The molecule has 0 aliphatic carbocycles. The van der Waals surface area contributed by atoms with Gasteiger partial charge >= 0.3 is 0 Å². The van der Waals surface area contributed by atoms with Crippen LogP contribution in [0, 0.1) is 0 Å². The summed E-state index contributed by atoms with van der Waals surface area (Å²) < 4.78 is 5.56. The van der Waals surface area contributed by atoms with Gasteiger partial charge in [-0.25, -0.2) is 0 Å². The Kier molecular flexibility index (Phi) is 2.20. The Morgan fingerprint density at radius 3 is 3.45 bits per heavy atom. The van der Waals surface area contributed by atoms with Gasteiger partial charge in [-0.2, -0.15) is 11.8 Å². The van der Waals surface area contributed by atoms with Gasteiger partial charge in [-0.1, -0.05) is 12.2 Å². The summed E-state index contributed by atoms with van der Waals surface area (Å²) >= 11 is 2.00. The van der Waals surface area contributed by atoms with Crippen LogP contribution in [0.15, 0.2) is 12.2 Å². The van der Waals surface area contributed by atoms with Crippen LogP contribution >= 0.6 is 11.8 Å². The van der Waals surface area contributed by atoms with Gasteiger partial charge in [0.05, 0.1) is 6.61 Å². The summed E-state index contributed by atoms with van der Waals surface area (Å²) in [4.78, 5) is 0. The van der Waals surface area contributed by atoms with E-state index >= 15 is 0 Å². The Morgan fingerprint density at radius 1 is 1.64 bits per heavy atom. The van der Waals surface area contributed by atoms with Crippen molar-refractivity contribution < 1.29 is 4.74 Å². The standard InChI is InChI=1S/C8H13NOS/c1-6-4-7-8(9-5-6)10-2-3-11-7/h7-9H,1-5H2. The van der Waals surface area contributed by atoms with E-state index in [-0.39, 0.29) is 0 Å². The third-order valence-electron chi connectivity index (χ3n) is 2.09. The zero-order chi connectivity index (χ0) is 7.68. The molecule has 1 N–H and O–H groups in total. The van der Waals surface area contributed by atoms with E-state index in [0.717, 1.165) is 25.3 Å². The summed E-state index contributed by atoms with van der Waals surface area (Å²) in [7, 11) is 0. The molecule has 2 unspecified atom stereocenters. The normalized spacial score (nSPS) is 38.4. The van der Waals surface area contributed by atoms with Gasteiger partial charge in [0.1, 0.15) is 6.23 Å². The van der Waals surface area contributed by atoms with Crippen LogP contribution < -0.4 is 5.32 Å². The highest BCUT2D eigenvalue weighted by molar-refractivity contribution is 8.00. The Labute approximate surface area is 71.4 Å². The monoisotopic (exact) mass is 171 g/mol. The zero-order valence-electron chi connectivity index (χ0n) is 6.51. The summed E-state index contributed by atoms with van der Waals surface area (Å²) in [5.41, 5.74) is 1.31. The predicted octanol–water partition coefficient (Wildman–Crippen LogP) is 0.994. The van der Waals surface area contributed by atoms with Gasteiger partial charge in [-0.15, -0.1) is 0 Å². The van der Waals surface area contributed by atoms with Crippen LogP contribution in [0.1, 0.15) is 6.42 Å². The summed E-state index contributed by atoms with van der Waals surface area (Å²) in [6.45, 7) is 5.80. The molecule has 0 aromatic carbocycles. The molecule has 2 aliphatic rings. The van der Waals surface area contributed by atoms with E-state index in [0.29, 0.717) is 11.5 Å². The van der Waals surface area contributed by atoms with Crippen LogP contribution in [0.25, 0.3) is 0 Å². The van der Waals surface area contributed by atoms with Gasteiger partial charge < -0.3 is 4.74 Å². The van der Waals surface area contributed by atoms with Crippen LogP contribution in [0.5, 0.6) is 0 Å². The van der Waals surface area contributed by atoms with Gasteiger partial charge in [-0.05, 0) is 6.42 Å². The second-order valence-corrected chi connectivity index (χ2v) is 4.38. The second kappa shape index (κ2) is 3.17. The first-order valence-electron chi connectivity index (χ1n) is 3.99. The maximum atomic E-state index is 5.56. The maximum Gasteiger partial charge on any atom is 0.120 e. The Hall–Kier alpha value is 0.0100. The lowest BCUT2D eigenvalue weighted by atomic mass is 10.1. The van der Waals surface area contributed by atoms with E-state index in [1.54, 1.807) is 0 Å². The summed E-state index contributed by atoms with van der Waals surface area (Å²) in [5.74, 6) is 1.14. The van der Waals surface area contributed by atoms with Crippen LogP contribution in [0.3, 0.4) is 0 Å². The van der Waals surface area contributed by atoms with Crippen molar-refractivity contribution in [2.45, 2.75) is 17.9 Å². The largest absolute Gasteiger partial charge is 0.361 e. The fraction of sp³-hybridized carbons (Fsp3) is 0.750. The second-order valence-electron chi connectivity index (χ2n) is 3.04. The molecule has 0 spiro atoms. The average molecular weight is 171 g/mol. The molecule has 2 heterocycles. The van der Waals surface area contributed by atoms with E-state index in [2.05, 4.69) is 11.9 Å². The molecule has 2 saturated heterocycles. The Morgan fingerprint density at radius 2 is 2.55 bits per heavy atom. The molecule has 0 amide bonds. The van der Waals surface area contributed by atoms with Crippen molar-refractivity contribution in [2.24, 2.45) is 0 Å². The average Bonchev–Trinajstić information content (AvgIpc) is 2.04. The molecule has 2 atom stereocenters. The summed E-state index contributed by atoms with van der Waals surface area (Å²) in [6.07, 6.45) is 1.42. The number of hydrogen-bond donors (Lipinski definition) is 1. The molecule has 0 saturated carbocycles. The lowest BCUT2D eigenvalue weighted by Gasteiger charge is -2.36. The van der Waals surface area contributed by atoms with E-state index < -0.39 is 0 Å². The molecule has 62 valence electrons. The van der Waals surface area contributed by atoms with Gasteiger partial charge in [0.2, 0.25) is 0 Å². The molecule has 0 aromatic heterocycles. The van der Waals surface area contributed by atoms with Crippen molar-refractivity contribution in [3.8, 4) is 0 Å². The van der Waals surface area contributed by atoms with Gasteiger partial charge in [0.25, 0.3) is 0 Å². The summed E-state index contributed by atoms with van der Waals surface area (Å²) in [6, 6.07) is 0. The Balaban J connectivity index is 1.98. The quantitative estimate of drug-likeness (QED) is 0.549. The predicted molar refractivity (Wildman–Crippen MR) is 47.7 cm³/mol. The van der Waals surface area contributed by atoms with E-state index in [4.69, 9.17) is 4.74 Å². The zero-order valence-corrected chi connectivity index (χ0v) is 7.32. The topological polar surface area (TPSA) is 21.3 Å². The number of nitrogens with one attached hydrogen (secondary N) is 1. The molecule has 2 aliphatic heterocycles. The smallest absolute Gasteiger partial charge is 0.120 e. The van der Waals surface area contributed by atoms with Crippen molar-refractivity contribution in [3.05, 3.63) is 12.2 Å². The highest BCUT2D eigenvalue weighted by Gasteiger charge is 2.29. The van der Waals surface area contributed by atoms with Crippen molar-refractivity contribution in [1.29, 1.82) is 0 Å². The number of thioether (sulfide) groups is 1. The summed E-state index contributed by atoms with van der Waals surface area (Å²) in [5, 5.41) is 3.94. The van der Waals surface area contributed by atoms with Gasteiger partial charge in [0, 0.05) is 17.5 Å². The van der Waals surface area contributed by atoms with Crippen LogP contribution in [0.2, 0.25) is 0 Å². The first-order valence-corrected chi connectivity index (χ1v) is 5.04. The molecule has 2 rings (SSSR count). The van der Waals surface area contributed by atoms with Crippen molar-refractivity contribution >= 4 is 11.8 Å². The number of fused-ring (bicyclic) bond motifs is 1. The highest BCUT2D eigenvalue weighted by atomic mass is 32.2. The van der Waals surface area contributed by atoms with Gasteiger partial charge in [-0.3, -0.25) is 5.32 Å². The fourth-order valence-corrected chi connectivity index (χ4v) is 2.73. The molecule has 2 nitrogen and oxygen atoms in total. The maximum absolute atomic E-state index is 5.56. The number of ether oxygens (including phenoxy) is 1. The number of rotatable bonds is 0. The Bertz CT molecular complexity index is 171. The van der Waals surface area contributed by atoms with Crippen LogP contribution in [-0.4, -0.2) is 30.4 Å². The third-order valence-corrected chi connectivity index (χ3v) is 3.34. The molecule has 0 bridgehead atoms. The number of piperidine rings is 1. The molecule has 2 fully saturated rings. The van der Waals surface area contributed by atoms with Crippen LogP contribution in [-0.2, 0) is 4.74 Å². The third kappa shape index (κ3) is 1.60. The minimum Gasteiger partial charge on any atom is -0.361 e. The molecule has 11 heavy (non-hydrogen) atoms. The number of hydrogen-bond acceptors (Lipinski definition) is 3. The molecule has 0 aromatic rings. The van der Waals surface area contributed by atoms with Gasteiger partial charge in [0.15, 0.2) is 0 Å². The van der Waals surface area contributed by atoms with E-state index in [1.807, 2.05) is 11.8 Å². The highest BCUT2D eigenvalue weighted by Crippen LogP contribution is 2.28. The first-order chi connectivity index (χ1) is 5.36. The first kappa shape index (κ1) is 7.65. The van der Waals surface area contributed by atoms with Crippen molar-refractivity contribution in [1.82, 2.24) is 5.32 Å². The molecular weight excluding hydrogens is 158 g/mol. The molecule has 3 heteroatoms. The minimum absolute atomic E-state index is 0.291. The van der Waals surface area contributed by atoms with E-state index in [1.165, 1.54) is 5.57 Å². The molecular formula is C8H13NOS. The van der Waals surface area contributed by atoms with Crippen molar-refractivity contribution in [2.75, 3.05) is 18.9 Å². The lowest BCUT2D eigenvalue weighted by Crippen LogP contribution is -2.48. The lowest BCUT2D eigenvalue weighted by molar-refractivity contribution is 0.0269. The fourth-order valence-electron chi connectivity index (χ4n) is 1.53. The van der Waals surface area contributed by atoms with Crippen molar-refractivity contribution in [3.63, 3.8) is 0 Å². The minimum atomic E-state index is 0.291. The molecule has 0 radical (unpaired) electrons.